The van der Waals surface area contributed by atoms with E-state index in [0.717, 1.165) is 16.5 Å². The van der Waals surface area contributed by atoms with E-state index in [-0.39, 0.29) is 23.5 Å². The molecule has 3 heterocycles. The molecule has 1 aromatic carbocycles. The van der Waals surface area contributed by atoms with Crippen LogP contribution in [0.4, 0.5) is 0 Å². The average Bonchev–Trinajstić information content (AvgIpc) is 3.15. The third-order valence-corrected chi connectivity index (χ3v) is 7.69. The summed E-state index contributed by atoms with van der Waals surface area (Å²) >= 11 is 6.28. The van der Waals surface area contributed by atoms with Gasteiger partial charge in [-0.2, -0.15) is 0 Å². The molecule has 2 aliphatic rings. The summed E-state index contributed by atoms with van der Waals surface area (Å²) in [7, 11) is -2.90. The van der Waals surface area contributed by atoms with E-state index in [9.17, 15) is 13.2 Å². The fourth-order valence-electron chi connectivity index (χ4n) is 4.11. The number of carbonyl (C=O) groups excluding carboxylic acids is 1. The summed E-state index contributed by atoms with van der Waals surface area (Å²) < 4.78 is 29.2. The van der Waals surface area contributed by atoms with E-state index < -0.39 is 9.84 Å². The van der Waals surface area contributed by atoms with Crippen LogP contribution in [0.2, 0.25) is 5.02 Å². The van der Waals surface area contributed by atoms with Gasteiger partial charge >= 0.3 is 0 Å². The van der Waals surface area contributed by atoms with Crippen LogP contribution in [0.1, 0.15) is 28.1 Å². The van der Waals surface area contributed by atoms with Gasteiger partial charge in [-0.3, -0.25) is 9.69 Å². The third-order valence-electron chi connectivity index (χ3n) is 5.66. The van der Waals surface area contributed by atoms with Crippen LogP contribution in [0, 0.1) is 13.8 Å². The van der Waals surface area contributed by atoms with Crippen LogP contribution >= 0.6 is 11.6 Å². The zero-order chi connectivity index (χ0) is 19.3. The monoisotopic (exact) mass is 410 g/mol. The van der Waals surface area contributed by atoms with E-state index in [1.165, 1.54) is 0 Å². The van der Waals surface area contributed by atoms with Gasteiger partial charge in [0, 0.05) is 43.2 Å². The van der Waals surface area contributed by atoms with Crippen LogP contribution < -0.4 is 0 Å². The van der Waals surface area contributed by atoms with Gasteiger partial charge in [-0.25, -0.2) is 8.42 Å². The Hall–Kier alpha value is -1.57. The first kappa shape index (κ1) is 18.8. The number of aryl methyl sites for hydroxylation is 2. The van der Waals surface area contributed by atoms with Crippen molar-refractivity contribution in [3.8, 4) is 0 Å². The minimum atomic E-state index is -2.90. The van der Waals surface area contributed by atoms with Crippen LogP contribution in [0.15, 0.2) is 16.5 Å². The number of hydrogen-bond acceptors (Lipinski definition) is 5. The molecule has 2 aliphatic heterocycles. The minimum Gasteiger partial charge on any atom is -0.449 e. The molecular formula is C19H23ClN2O4S. The number of halogens is 1. The molecule has 2 saturated heterocycles. The molecule has 0 aliphatic carbocycles. The van der Waals surface area contributed by atoms with Gasteiger partial charge in [-0.15, -0.1) is 0 Å². The Bertz CT molecular complexity index is 1010. The van der Waals surface area contributed by atoms with Crippen molar-refractivity contribution in [3.05, 3.63) is 34.0 Å². The van der Waals surface area contributed by atoms with Crippen molar-refractivity contribution in [2.24, 2.45) is 0 Å². The van der Waals surface area contributed by atoms with E-state index in [1.54, 1.807) is 4.90 Å². The zero-order valence-corrected chi connectivity index (χ0v) is 17.1. The highest BCUT2D eigenvalue weighted by Gasteiger charge is 2.35. The third kappa shape index (κ3) is 3.48. The minimum absolute atomic E-state index is 0.0852. The van der Waals surface area contributed by atoms with E-state index in [4.69, 9.17) is 16.0 Å². The molecule has 4 rings (SSSR count). The van der Waals surface area contributed by atoms with Crippen molar-refractivity contribution in [1.82, 2.24) is 9.80 Å². The first-order valence-electron chi connectivity index (χ1n) is 9.18. The average molecular weight is 411 g/mol. The Morgan fingerprint density at radius 1 is 1.19 bits per heavy atom. The molecule has 0 spiro atoms. The predicted molar refractivity (Wildman–Crippen MR) is 105 cm³/mol. The van der Waals surface area contributed by atoms with Crippen molar-refractivity contribution >= 4 is 38.3 Å². The molecule has 2 aromatic rings. The van der Waals surface area contributed by atoms with E-state index in [0.29, 0.717) is 49.0 Å². The van der Waals surface area contributed by atoms with Gasteiger partial charge in [0.05, 0.1) is 16.5 Å². The molecule has 6 nitrogen and oxygen atoms in total. The number of amides is 1. The molecule has 146 valence electrons. The van der Waals surface area contributed by atoms with Crippen molar-refractivity contribution in [2.75, 3.05) is 37.7 Å². The summed E-state index contributed by atoms with van der Waals surface area (Å²) in [6.07, 6.45) is 0.691. The molecule has 0 N–H and O–H groups in total. The second-order valence-corrected chi connectivity index (χ2v) is 10.2. The molecule has 2 fully saturated rings. The first-order chi connectivity index (χ1) is 12.7. The normalized spacial score (nSPS) is 23.2. The van der Waals surface area contributed by atoms with Gasteiger partial charge in [-0.1, -0.05) is 11.6 Å². The fraction of sp³-hybridized carbons (Fsp3) is 0.526. The summed E-state index contributed by atoms with van der Waals surface area (Å²) in [5, 5.41) is 1.39. The lowest BCUT2D eigenvalue weighted by Crippen LogP contribution is -2.52. The molecule has 0 saturated carbocycles. The highest BCUT2D eigenvalue weighted by Crippen LogP contribution is 2.33. The molecule has 1 aromatic heterocycles. The largest absolute Gasteiger partial charge is 0.449 e. The summed E-state index contributed by atoms with van der Waals surface area (Å²) in [5.41, 5.74) is 2.39. The molecule has 1 atom stereocenters. The highest BCUT2D eigenvalue weighted by atomic mass is 35.5. The Labute approximate surface area is 164 Å². The molecule has 27 heavy (non-hydrogen) atoms. The summed E-state index contributed by atoms with van der Waals surface area (Å²) in [6.45, 7) is 6.35. The number of furan rings is 1. The van der Waals surface area contributed by atoms with Gasteiger partial charge in [0.2, 0.25) is 0 Å². The highest BCUT2D eigenvalue weighted by molar-refractivity contribution is 7.91. The number of benzene rings is 1. The second-order valence-electron chi connectivity index (χ2n) is 7.56. The first-order valence-corrected chi connectivity index (χ1v) is 11.4. The second kappa shape index (κ2) is 6.79. The summed E-state index contributed by atoms with van der Waals surface area (Å²) in [5.74, 6) is 0.724. The number of piperazine rings is 1. The lowest BCUT2D eigenvalue weighted by atomic mass is 10.1. The Kier molecular flexibility index (Phi) is 4.72. The number of fused-ring (bicyclic) bond motifs is 1. The Morgan fingerprint density at radius 2 is 1.89 bits per heavy atom. The van der Waals surface area contributed by atoms with Crippen LogP contribution in [0.5, 0.6) is 0 Å². The summed E-state index contributed by atoms with van der Waals surface area (Å²) in [6, 6.07) is 3.90. The zero-order valence-electron chi connectivity index (χ0n) is 15.5. The van der Waals surface area contributed by atoms with E-state index in [1.807, 2.05) is 26.0 Å². The number of nitrogens with zero attached hydrogens (tertiary/aromatic N) is 2. The lowest BCUT2D eigenvalue weighted by molar-refractivity contribution is 0.0560. The molecule has 0 unspecified atom stereocenters. The van der Waals surface area contributed by atoms with Gasteiger partial charge in [-0.05, 0) is 38.0 Å². The quantitative estimate of drug-likeness (QED) is 0.761. The van der Waals surface area contributed by atoms with Crippen molar-refractivity contribution in [2.45, 2.75) is 26.3 Å². The number of carbonyl (C=O) groups is 1. The fourth-order valence-corrected chi connectivity index (χ4v) is 6.19. The molecular weight excluding hydrogens is 388 g/mol. The van der Waals surface area contributed by atoms with Crippen LogP contribution in [-0.2, 0) is 9.84 Å². The van der Waals surface area contributed by atoms with Crippen LogP contribution in [0.25, 0.3) is 11.0 Å². The maximum absolute atomic E-state index is 13.0. The molecule has 8 heteroatoms. The number of sulfone groups is 1. The molecule has 1 amide bonds. The van der Waals surface area contributed by atoms with Gasteiger partial charge in [0.25, 0.3) is 5.91 Å². The Balaban J connectivity index is 1.49. The molecule has 0 radical (unpaired) electrons. The van der Waals surface area contributed by atoms with Gasteiger partial charge in [0.1, 0.15) is 0 Å². The van der Waals surface area contributed by atoms with Crippen LogP contribution in [-0.4, -0.2) is 67.9 Å². The maximum atomic E-state index is 13.0. The lowest BCUT2D eigenvalue weighted by Gasteiger charge is -2.37. The topological polar surface area (TPSA) is 70.8 Å². The van der Waals surface area contributed by atoms with Gasteiger partial charge < -0.3 is 9.32 Å². The summed E-state index contributed by atoms with van der Waals surface area (Å²) in [4.78, 5) is 17.0. The Morgan fingerprint density at radius 3 is 2.52 bits per heavy atom. The number of hydrogen-bond donors (Lipinski definition) is 0. The SMILES string of the molecule is Cc1cc(Cl)c2oc(C(=O)N3CCN([C@H]4CCS(=O)(=O)C4)CC3)c(C)c2c1. The van der Waals surface area contributed by atoms with Gasteiger partial charge in [0.15, 0.2) is 21.2 Å². The van der Waals surface area contributed by atoms with E-state index in [2.05, 4.69) is 4.90 Å². The smallest absolute Gasteiger partial charge is 0.289 e. The predicted octanol–water partition coefficient (Wildman–Crippen LogP) is 2.65. The standard InChI is InChI=1S/C19H23ClN2O4S/c1-12-9-15-13(2)17(26-18(15)16(20)10-12)19(23)22-6-4-21(5-7-22)14-3-8-27(24,25)11-14/h9-10,14H,3-8,11H2,1-2H3/t14-/m0/s1. The van der Waals surface area contributed by atoms with Crippen LogP contribution in [0.3, 0.4) is 0 Å². The number of rotatable bonds is 2. The van der Waals surface area contributed by atoms with Crippen molar-refractivity contribution in [1.29, 1.82) is 0 Å². The maximum Gasteiger partial charge on any atom is 0.289 e. The van der Waals surface area contributed by atoms with Crippen molar-refractivity contribution < 1.29 is 17.6 Å². The van der Waals surface area contributed by atoms with Crippen molar-refractivity contribution in [3.63, 3.8) is 0 Å². The molecule has 0 bridgehead atoms. The van der Waals surface area contributed by atoms with E-state index >= 15 is 0 Å².